The van der Waals surface area contributed by atoms with Crippen LogP contribution in [0.25, 0.3) is 0 Å². The third-order valence-electron chi connectivity index (χ3n) is 2.96. The highest BCUT2D eigenvalue weighted by atomic mass is 79.9. The highest BCUT2D eigenvalue weighted by Gasteiger charge is 2.15. The van der Waals surface area contributed by atoms with Crippen LogP contribution in [0.5, 0.6) is 0 Å². The van der Waals surface area contributed by atoms with Crippen LogP contribution in [0.4, 0.5) is 5.69 Å². The molecule has 20 heavy (non-hydrogen) atoms. The third-order valence-corrected chi connectivity index (χ3v) is 5.57. The van der Waals surface area contributed by atoms with Gasteiger partial charge in [-0.05, 0) is 71.2 Å². The van der Waals surface area contributed by atoms with Crippen LogP contribution < -0.4 is 4.72 Å². The van der Waals surface area contributed by atoms with Gasteiger partial charge in [-0.3, -0.25) is 4.72 Å². The molecule has 0 amide bonds. The molecule has 2 rings (SSSR count). The van der Waals surface area contributed by atoms with Gasteiger partial charge in [0.15, 0.2) is 0 Å². The van der Waals surface area contributed by atoms with Crippen molar-refractivity contribution in [2.24, 2.45) is 0 Å². The van der Waals surface area contributed by atoms with Crippen molar-refractivity contribution in [1.82, 2.24) is 0 Å². The molecule has 0 spiro atoms. The molecule has 1 N–H and O–H groups in total. The van der Waals surface area contributed by atoms with E-state index >= 15 is 0 Å². The number of nitrogens with one attached hydrogen (secondary N) is 1. The molecule has 0 aliphatic heterocycles. The van der Waals surface area contributed by atoms with Gasteiger partial charge in [-0.25, -0.2) is 8.42 Å². The summed E-state index contributed by atoms with van der Waals surface area (Å²) in [5.41, 5.74) is 2.41. The fourth-order valence-electron chi connectivity index (χ4n) is 1.65. The number of anilines is 1. The van der Waals surface area contributed by atoms with Crippen LogP contribution >= 0.6 is 27.5 Å². The van der Waals surface area contributed by atoms with Gasteiger partial charge < -0.3 is 0 Å². The Morgan fingerprint density at radius 1 is 1.05 bits per heavy atom. The maximum atomic E-state index is 12.3. The Balaban J connectivity index is 2.35. The summed E-state index contributed by atoms with van der Waals surface area (Å²) in [6.45, 7) is 3.82. The van der Waals surface area contributed by atoms with E-state index in [2.05, 4.69) is 20.7 Å². The van der Waals surface area contributed by atoms with Crippen molar-refractivity contribution >= 4 is 43.2 Å². The van der Waals surface area contributed by atoms with Crippen molar-refractivity contribution in [3.05, 3.63) is 57.0 Å². The lowest BCUT2D eigenvalue weighted by Crippen LogP contribution is -2.13. The molecule has 6 heteroatoms. The normalized spacial score (nSPS) is 11.4. The Bertz CT molecular complexity index is 760. The Hall–Kier alpha value is -1.04. The molecule has 0 unspecified atom stereocenters. The summed E-state index contributed by atoms with van der Waals surface area (Å²) in [5.74, 6) is 0. The van der Waals surface area contributed by atoms with Crippen LogP contribution in [0.2, 0.25) is 5.02 Å². The lowest BCUT2D eigenvalue weighted by Gasteiger charge is -2.10. The summed E-state index contributed by atoms with van der Waals surface area (Å²) in [7, 11) is -3.61. The molecule has 0 aliphatic carbocycles. The lowest BCUT2D eigenvalue weighted by molar-refractivity contribution is 0.601. The Morgan fingerprint density at radius 2 is 1.75 bits per heavy atom. The first kappa shape index (κ1) is 15.4. The van der Waals surface area contributed by atoms with E-state index in [-0.39, 0.29) is 4.90 Å². The number of hydrogen-bond acceptors (Lipinski definition) is 2. The molecule has 2 aromatic rings. The van der Waals surface area contributed by atoms with Crippen LogP contribution in [0.1, 0.15) is 11.1 Å². The molecule has 0 saturated carbocycles. The molecule has 2 aromatic carbocycles. The quantitative estimate of drug-likeness (QED) is 0.858. The van der Waals surface area contributed by atoms with Gasteiger partial charge in [-0.15, -0.1) is 0 Å². The van der Waals surface area contributed by atoms with E-state index < -0.39 is 10.0 Å². The van der Waals surface area contributed by atoms with Crippen molar-refractivity contribution in [2.75, 3.05) is 4.72 Å². The molecule has 0 fully saturated rings. The minimum Gasteiger partial charge on any atom is -0.280 e. The summed E-state index contributed by atoms with van der Waals surface area (Å²) in [4.78, 5) is 0.236. The smallest absolute Gasteiger partial charge is 0.261 e. The number of halogens is 2. The number of aryl methyl sites for hydroxylation is 2. The predicted molar refractivity (Wildman–Crippen MR) is 85.9 cm³/mol. The highest BCUT2D eigenvalue weighted by molar-refractivity contribution is 9.10. The average Bonchev–Trinajstić information content (AvgIpc) is 2.37. The van der Waals surface area contributed by atoms with Gasteiger partial charge in [0, 0.05) is 4.47 Å². The standard InChI is InChI=1S/C14H13BrClNO2S/c1-9-3-5-12(7-10(9)2)20(18,19)17-11-4-6-13(15)14(16)8-11/h3-8,17H,1-2H3. The molecule has 0 bridgehead atoms. The van der Waals surface area contributed by atoms with Crippen molar-refractivity contribution in [2.45, 2.75) is 18.7 Å². The number of hydrogen-bond donors (Lipinski definition) is 1. The maximum absolute atomic E-state index is 12.3. The SMILES string of the molecule is Cc1ccc(S(=O)(=O)Nc2ccc(Br)c(Cl)c2)cc1C. The molecule has 3 nitrogen and oxygen atoms in total. The third kappa shape index (κ3) is 3.34. The van der Waals surface area contributed by atoms with Crippen molar-refractivity contribution in [3.63, 3.8) is 0 Å². The Morgan fingerprint density at radius 3 is 2.35 bits per heavy atom. The van der Waals surface area contributed by atoms with Gasteiger partial charge in [-0.2, -0.15) is 0 Å². The van der Waals surface area contributed by atoms with E-state index in [9.17, 15) is 8.42 Å². The molecule has 0 saturated heterocycles. The number of rotatable bonds is 3. The van der Waals surface area contributed by atoms with E-state index in [0.717, 1.165) is 11.1 Å². The van der Waals surface area contributed by atoms with Crippen molar-refractivity contribution in [3.8, 4) is 0 Å². The maximum Gasteiger partial charge on any atom is 0.261 e. The van der Waals surface area contributed by atoms with E-state index in [0.29, 0.717) is 15.2 Å². The molecular weight excluding hydrogens is 362 g/mol. The minimum absolute atomic E-state index is 0.236. The van der Waals surface area contributed by atoms with Gasteiger partial charge in [0.1, 0.15) is 0 Å². The molecule has 0 heterocycles. The van der Waals surface area contributed by atoms with E-state index in [1.807, 2.05) is 13.8 Å². The highest BCUT2D eigenvalue weighted by Crippen LogP contribution is 2.27. The average molecular weight is 375 g/mol. The largest absolute Gasteiger partial charge is 0.280 e. The fraction of sp³-hybridized carbons (Fsp3) is 0.143. The van der Waals surface area contributed by atoms with Crippen molar-refractivity contribution < 1.29 is 8.42 Å². The molecule has 0 aromatic heterocycles. The zero-order chi connectivity index (χ0) is 14.9. The Kier molecular flexibility index (Phi) is 4.42. The van der Waals surface area contributed by atoms with Crippen LogP contribution in [0, 0.1) is 13.8 Å². The molecule has 106 valence electrons. The molecule has 0 aliphatic rings. The second-order valence-corrected chi connectivity index (χ2v) is 7.42. The number of sulfonamides is 1. The first-order valence-corrected chi connectivity index (χ1v) is 8.50. The molecular formula is C14H13BrClNO2S. The van der Waals surface area contributed by atoms with E-state index in [1.165, 1.54) is 0 Å². The van der Waals surface area contributed by atoms with Gasteiger partial charge >= 0.3 is 0 Å². The fourth-order valence-corrected chi connectivity index (χ4v) is 3.22. The van der Waals surface area contributed by atoms with Crippen molar-refractivity contribution in [1.29, 1.82) is 0 Å². The zero-order valence-corrected chi connectivity index (χ0v) is 14.1. The molecule has 0 radical (unpaired) electrons. The monoisotopic (exact) mass is 373 g/mol. The summed E-state index contributed by atoms with van der Waals surface area (Å²) in [6.07, 6.45) is 0. The second kappa shape index (κ2) is 5.76. The van der Waals surface area contributed by atoms with E-state index in [1.54, 1.807) is 36.4 Å². The van der Waals surface area contributed by atoms with Gasteiger partial charge in [-0.1, -0.05) is 17.7 Å². The van der Waals surface area contributed by atoms with Gasteiger partial charge in [0.25, 0.3) is 10.0 Å². The topological polar surface area (TPSA) is 46.2 Å². The van der Waals surface area contributed by atoms with Crippen LogP contribution in [-0.4, -0.2) is 8.42 Å². The summed E-state index contributed by atoms with van der Waals surface area (Å²) < 4.78 is 27.8. The van der Waals surface area contributed by atoms with Gasteiger partial charge in [0.05, 0.1) is 15.6 Å². The van der Waals surface area contributed by atoms with Crippen LogP contribution in [0.3, 0.4) is 0 Å². The summed E-state index contributed by atoms with van der Waals surface area (Å²) in [6, 6.07) is 9.93. The molecule has 0 atom stereocenters. The van der Waals surface area contributed by atoms with Gasteiger partial charge in [0.2, 0.25) is 0 Å². The van der Waals surface area contributed by atoms with E-state index in [4.69, 9.17) is 11.6 Å². The Labute approximate surface area is 132 Å². The lowest BCUT2D eigenvalue weighted by atomic mass is 10.1. The van der Waals surface area contributed by atoms with Crippen LogP contribution in [0.15, 0.2) is 45.8 Å². The van der Waals surface area contributed by atoms with Crippen LogP contribution in [-0.2, 0) is 10.0 Å². The second-order valence-electron chi connectivity index (χ2n) is 4.48. The summed E-state index contributed by atoms with van der Waals surface area (Å²) in [5, 5.41) is 0.449. The minimum atomic E-state index is -3.61. The summed E-state index contributed by atoms with van der Waals surface area (Å²) >= 11 is 9.22. The first-order chi connectivity index (χ1) is 9.29. The predicted octanol–water partition coefficient (Wildman–Crippen LogP) is 4.52. The number of benzene rings is 2. The first-order valence-electron chi connectivity index (χ1n) is 5.85. The zero-order valence-electron chi connectivity index (χ0n) is 10.9.